The number of hydrazone groups is 1. The highest BCUT2D eigenvalue weighted by molar-refractivity contribution is 5.86. The number of nitro benzene ring substituents is 1. The fourth-order valence-electron chi connectivity index (χ4n) is 1.46. The third-order valence-corrected chi connectivity index (χ3v) is 2.46. The second kappa shape index (κ2) is 7.88. The highest BCUT2D eigenvalue weighted by Gasteiger charge is 2.11. The average Bonchev–Trinajstić information content (AvgIpc) is 2.43. The van der Waals surface area contributed by atoms with Gasteiger partial charge in [-0.05, 0) is 26.3 Å². The van der Waals surface area contributed by atoms with Gasteiger partial charge >= 0.3 is 5.97 Å². The highest BCUT2D eigenvalue weighted by Crippen LogP contribution is 2.23. The van der Waals surface area contributed by atoms with Crippen LogP contribution in [0.3, 0.4) is 0 Å². The lowest BCUT2D eigenvalue weighted by Crippen LogP contribution is -2.07. The molecule has 0 saturated heterocycles. The fourth-order valence-corrected chi connectivity index (χ4v) is 1.46. The van der Waals surface area contributed by atoms with Crippen molar-refractivity contribution in [2.75, 3.05) is 12.0 Å². The van der Waals surface area contributed by atoms with E-state index in [1.165, 1.54) is 6.07 Å². The largest absolute Gasteiger partial charge is 0.466 e. The van der Waals surface area contributed by atoms with Gasteiger partial charge < -0.3 is 4.74 Å². The quantitative estimate of drug-likeness (QED) is 0.358. The van der Waals surface area contributed by atoms with Crippen LogP contribution >= 0.6 is 0 Å². The number of benzene rings is 1. The van der Waals surface area contributed by atoms with Crippen molar-refractivity contribution in [1.29, 1.82) is 0 Å². The number of ether oxygens (including phenoxy) is 1. The van der Waals surface area contributed by atoms with Crippen LogP contribution in [0.4, 0.5) is 11.4 Å². The van der Waals surface area contributed by atoms with Crippen LogP contribution in [0.25, 0.3) is 0 Å². The van der Waals surface area contributed by atoms with Crippen LogP contribution in [0.1, 0.15) is 26.7 Å². The van der Waals surface area contributed by atoms with Crippen molar-refractivity contribution in [3.63, 3.8) is 0 Å². The highest BCUT2D eigenvalue weighted by atomic mass is 16.6. The predicted molar refractivity (Wildman–Crippen MR) is 75.7 cm³/mol. The zero-order valence-corrected chi connectivity index (χ0v) is 11.5. The Kier molecular flexibility index (Phi) is 6.15. The van der Waals surface area contributed by atoms with E-state index < -0.39 is 4.92 Å². The van der Waals surface area contributed by atoms with Gasteiger partial charge in [0.2, 0.25) is 0 Å². The third-order valence-electron chi connectivity index (χ3n) is 2.46. The molecule has 0 amide bonds. The van der Waals surface area contributed by atoms with Gasteiger partial charge in [-0.2, -0.15) is 5.10 Å². The molecule has 0 spiro atoms. The number of esters is 1. The lowest BCUT2D eigenvalue weighted by molar-refractivity contribution is -0.384. The summed E-state index contributed by atoms with van der Waals surface area (Å²) in [6, 6.07) is 6.23. The average molecular weight is 279 g/mol. The molecule has 1 aromatic rings. The Bertz CT molecular complexity index is 514. The van der Waals surface area contributed by atoms with Gasteiger partial charge in [-0.3, -0.25) is 20.3 Å². The van der Waals surface area contributed by atoms with E-state index in [1.807, 2.05) is 0 Å². The molecule has 7 nitrogen and oxygen atoms in total. The van der Waals surface area contributed by atoms with Gasteiger partial charge in [-0.1, -0.05) is 12.1 Å². The zero-order chi connectivity index (χ0) is 15.0. The van der Waals surface area contributed by atoms with E-state index in [0.717, 1.165) is 0 Å². The molecule has 7 heteroatoms. The van der Waals surface area contributed by atoms with Crippen molar-refractivity contribution >= 4 is 23.1 Å². The molecule has 0 aliphatic carbocycles. The summed E-state index contributed by atoms with van der Waals surface area (Å²) in [5.41, 5.74) is 3.57. The summed E-state index contributed by atoms with van der Waals surface area (Å²) in [7, 11) is 0. The normalized spacial score (nSPS) is 11.0. The summed E-state index contributed by atoms with van der Waals surface area (Å²) in [4.78, 5) is 21.5. The number of carbonyl (C=O) groups is 1. The van der Waals surface area contributed by atoms with Crippen molar-refractivity contribution < 1.29 is 14.5 Å². The monoisotopic (exact) mass is 279 g/mol. The second-order valence-electron chi connectivity index (χ2n) is 4.04. The van der Waals surface area contributed by atoms with Crippen LogP contribution in [-0.4, -0.2) is 23.2 Å². The Labute approximate surface area is 116 Å². The summed E-state index contributed by atoms with van der Waals surface area (Å²) in [6.07, 6.45) is 0.675. The van der Waals surface area contributed by atoms with E-state index in [2.05, 4.69) is 10.5 Å². The number of carbonyl (C=O) groups excluding carboxylic acids is 1. The molecule has 0 aliphatic rings. The van der Waals surface area contributed by atoms with E-state index in [4.69, 9.17) is 4.74 Å². The lowest BCUT2D eigenvalue weighted by atomic mass is 10.2. The first kappa shape index (κ1) is 15.6. The van der Waals surface area contributed by atoms with Gasteiger partial charge in [0.05, 0.1) is 18.0 Å². The van der Waals surface area contributed by atoms with Crippen LogP contribution in [0.2, 0.25) is 0 Å². The molecule has 20 heavy (non-hydrogen) atoms. The standard InChI is InChI=1S/C13H17N3O4/c1-3-20-13(17)9-8-10(2)14-15-11-6-4-5-7-12(11)16(18)19/h4-7,15H,3,8-9H2,1-2H3/b14-10+. The van der Waals surface area contributed by atoms with Crippen LogP contribution in [0, 0.1) is 10.1 Å². The minimum Gasteiger partial charge on any atom is -0.466 e. The molecule has 0 unspecified atom stereocenters. The van der Waals surface area contributed by atoms with Crippen molar-refractivity contribution in [3.8, 4) is 0 Å². The molecular formula is C13H17N3O4. The number of hydrogen-bond donors (Lipinski definition) is 1. The van der Waals surface area contributed by atoms with Crippen molar-refractivity contribution in [2.45, 2.75) is 26.7 Å². The maximum Gasteiger partial charge on any atom is 0.306 e. The molecule has 0 radical (unpaired) electrons. The molecule has 0 bridgehead atoms. The topological polar surface area (TPSA) is 93.8 Å². The molecule has 1 aromatic carbocycles. The minimum absolute atomic E-state index is 0.0468. The first-order valence-corrected chi connectivity index (χ1v) is 6.22. The Hall–Kier alpha value is -2.44. The molecule has 0 aromatic heterocycles. The van der Waals surface area contributed by atoms with Crippen molar-refractivity contribution in [3.05, 3.63) is 34.4 Å². The maximum atomic E-state index is 11.2. The smallest absolute Gasteiger partial charge is 0.306 e. The Morgan fingerprint density at radius 3 is 2.75 bits per heavy atom. The van der Waals surface area contributed by atoms with Gasteiger partial charge in [0, 0.05) is 11.8 Å². The number of rotatable bonds is 7. The fraction of sp³-hybridized carbons (Fsp3) is 0.385. The molecule has 0 saturated carbocycles. The molecule has 0 atom stereocenters. The molecule has 108 valence electrons. The van der Waals surface area contributed by atoms with Crippen LogP contribution in [0.15, 0.2) is 29.4 Å². The van der Waals surface area contributed by atoms with Crippen molar-refractivity contribution in [2.24, 2.45) is 5.10 Å². The van der Waals surface area contributed by atoms with Crippen LogP contribution < -0.4 is 5.43 Å². The first-order chi connectivity index (χ1) is 9.54. The SMILES string of the molecule is CCOC(=O)CC/C(C)=N/Nc1ccccc1[N+](=O)[O-]. The number of nitro groups is 1. The maximum absolute atomic E-state index is 11.2. The molecule has 0 fully saturated rings. The third kappa shape index (κ3) is 5.05. The van der Waals surface area contributed by atoms with Gasteiger partial charge in [0.15, 0.2) is 0 Å². The number of hydrogen-bond acceptors (Lipinski definition) is 6. The summed E-state index contributed by atoms with van der Waals surface area (Å²) in [6.45, 7) is 3.83. The van der Waals surface area contributed by atoms with E-state index in [1.54, 1.807) is 32.0 Å². The van der Waals surface area contributed by atoms with Crippen molar-refractivity contribution in [1.82, 2.24) is 0 Å². The van der Waals surface area contributed by atoms with E-state index in [0.29, 0.717) is 24.4 Å². The Morgan fingerprint density at radius 1 is 1.40 bits per heavy atom. The summed E-state index contributed by atoms with van der Waals surface area (Å²) in [5.74, 6) is -0.284. The van der Waals surface area contributed by atoms with E-state index >= 15 is 0 Å². The molecule has 0 heterocycles. The number of anilines is 1. The molecule has 0 aliphatic heterocycles. The molecule has 1 rings (SSSR count). The first-order valence-electron chi connectivity index (χ1n) is 6.22. The van der Waals surface area contributed by atoms with Crippen LogP contribution in [-0.2, 0) is 9.53 Å². The lowest BCUT2D eigenvalue weighted by Gasteiger charge is -2.04. The van der Waals surface area contributed by atoms with Crippen LogP contribution in [0.5, 0.6) is 0 Å². The van der Waals surface area contributed by atoms with Gasteiger partial charge in [0.1, 0.15) is 5.69 Å². The summed E-state index contributed by atoms with van der Waals surface area (Å²) < 4.78 is 4.80. The van der Waals surface area contributed by atoms with E-state index in [-0.39, 0.29) is 18.1 Å². The van der Waals surface area contributed by atoms with E-state index in [9.17, 15) is 14.9 Å². The second-order valence-corrected chi connectivity index (χ2v) is 4.04. The summed E-state index contributed by atoms with van der Waals surface area (Å²) in [5, 5.41) is 14.8. The zero-order valence-electron chi connectivity index (χ0n) is 11.5. The van der Waals surface area contributed by atoms with Gasteiger partial charge in [0.25, 0.3) is 5.69 Å². The molecular weight excluding hydrogens is 262 g/mol. The minimum atomic E-state index is -0.480. The predicted octanol–water partition coefficient (Wildman–Crippen LogP) is 2.73. The number of nitrogens with one attached hydrogen (secondary N) is 1. The molecule has 1 N–H and O–H groups in total. The Morgan fingerprint density at radius 2 is 2.10 bits per heavy atom. The number of nitrogens with zero attached hydrogens (tertiary/aromatic N) is 2. The van der Waals surface area contributed by atoms with Gasteiger partial charge in [-0.15, -0.1) is 0 Å². The number of para-hydroxylation sites is 2. The summed E-state index contributed by atoms with van der Waals surface area (Å²) >= 11 is 0. The van der Waals surface area contributed by atoms with Gasteiger partial charge in [-0.25, -0.2) is 0 Å². The Balaban J connectivity index is 2.59.